The predicted molar refractivity (Wildman–Crippen MR) is 66.4 cm³/mol. The Labute approximate surface area is 134 Å². The number of carboxylic acid groups (broad SMARTS) is 1. The van der Waals surface area contributed by atoms with Crippen LogP contribution >= 0.6 is 0 Å². The Hall–Kier alpha value is -1.29. The average Bonchev–Trinajstić information content (AvgIpc) is 2.40. The number of carbonyl (C=O) groups is 1. The van der Waals surface area contributed by atoms with Crippen molar-refractivity contribution in [3.63, 3.8) is 0 Å². The molecule has 0 aliphatic carbocycles. The fraction of sp³-hybridized carbons (Fsp3) is 0.133. The summed E-state index contributed by atoms with van der Waals surface area (Å²) in [6, 6.07) is 16.4. The van der Waals surface area contributed by atoms with E-state index < -0.39 is 11.9 Å². The van der Waals surface area contributed by atoms with Crippen LogP contribution in [-0.4, -0.2) is 5.97 Å². The molecule has 4 heteroatoms. The van der Waals surface area contributed by atoms with Gasteiger partial charge in [-0.05, 0) is 29.8 Å². The van der Waals surface area contributed by atoms with Crippen LogP contribution in [0, 0.1) is 0 Å². The van der Waals surface area contributed by atoms with Crippen molar-refractivity contribution in [1.82, 2.24) is 0 Å². The molecule has 19 heavy (non-hydrogen) atoms. The molecule has 0 radical (unpaired) electrons. The summed E-state index contributed by atoms with van der Waals surface area (Å²) in [5, 5.41) is 10.7. The third-order valence-corrected chi connectivity index (χ3v) is 2.71. The van der Waals surface area contributed by atoms with E-state index in [-0.39, 0.29) is 29.6 Å². The molecule has 0 saturated carbocycles. The van der Waals surface area contributed by atoms with Gasteiger partial charge in [0.15, 0.2) is 0 Å². The van der Waals surface area contributed by atoms with Crippen LogP contribution in [0.5, 0.6) is 11.5 Å². The Morgan fingerprint density at radius 2 is 1.53 bits per heavy atom. The standard InChI is InChI=1S/C15H14O3.Na/c1-11(15(16)17)12-7-9-14(10-8-12)18-13-5-3-2-4-6-13;/h2-11H,1H3,(H,16,17);/q;+1/p-1. The fourth-order valence-electron chi connectivity index (χ4n) is 1.59. The van der Waals surface area contributed by atoms with E-state index in [0.29, 0.717) is 11.3 Å². The summed E-state index contributed by atoms with van der Waals surface area (Å²) in [5.41, 5.74) is 0.704. The first-order valence-corrected chi connectivity index (χ1v) is 5.70. The van der Waals surface area contributed by atoms with E-state index in [9.17, 15) is 9.90 Å². The van der Waals surface area contributed by atoms with Crippen LogP contribution in [0.2, 0.25) is 0 Å². The molecule has 0 aliphatic rings. The molecule has 92 valence electrons. The van der Waals surface area contributed by atoms with Gasteiger partial charge in [-0.15, -0.1) is 0 Å². The summed E-state index contributed by atoms with van der Waals surface area (Å²) in [5.74, 6) is -0.267. The van der Waals surface area contributed by atoms with Gasteiger partial charge in [0.05, 0.1) is 0 Å². The predicted octanol–water partition coefficient (Wildman–Crippen LogP) is -0.664. The van der Waals surface area contributed by atoms with Crippen molar-refractivity contribution in [2.45, 2.75) is 12.8 Å². The van der Waals surface area contributed by atoms with Gasteiger partial charge in [0.25, 0.3) is 0 Å². The van der Waals surface area contributed by atoms with Crippen molar-refractivity contribution in [2.75, 3.05) is 0 Å². The normalized spacial score (nSPS) is 11.2. The van der Waals surface area contributed by atoms with Gasteiger partial charge < -0.3 is 14.6 Å². The van der Waals surface area contributed by atoms with Gasteiger partial charge in [-0.3, -0.25) is 0 Å². The Kier molecular flexibility index (Phi) is 6.09. The van der Waals surface area contributed by atoms with Gasteiger partial charge in [0, 0.05) is 11.9 Å². The zero-order valence-electron chi connectivity index (χ0n) is 11.0. The van der Waals surface area contributed by atoms with Gasteiger partial charge >= 0.3 is 29.6 Å². The Morgan fingerprint density at radius 1 is 1.00 bits per heavy atom. The molecule has 2 rings (SSSR count). The van der Waals surface area contributed by atoms with Gasteiger partial charge in [-0.2, -0.15) is 0 Å². The van der Waals surface area contributed by atoms with E-state index in [1.54, 1.807) is 31.2 Å². The van der Waals surface area contributed by atoms with Crippen LogP contribution in [0.1, 0.15) is 18.4 Å². The van der Waals surface area contributed by atoms with E-state index in [1.165, 1.54) is 0 Å². The molecule has 0 aromatic heterocycles. The fourth-order valence-corrected chi connectivity index (χ4v) is 1.59. The molecule has 3 nitrogen and oxygen atoms in total. The number of aliphatic carboxylic acids is 1. The van der Waals surface area contributed by atoms with Crippen LogP contribution in [0.25, 0.3) is 0 Å². The van der Waals surface area contributed by atoms with Crippen molar-refractivity contribution in [3.05, 3.63) is 60.2 Å². The molecular formula is C15H13NaO3. The van der Waals surface area contributed by atoms with Gasteiger partial charge in [-0.25, -0.2) is 0 Å². The maximum Gasteiger partial charge on any atom is 1.00 e. The second-order valence-corrected chi connectivity index (χ2v) is 4.02. The number of hydrogen-bond donors (Lipinski definition) is 0. The zero-order chi connectivity index (χ0) is 13.0. The maximum atomic E-state index is 10.7. The van der Waals surface area contributed by atoms with Crippen LogP contribution in [0.4, 0.5) is 0 Å². The molecule has 0 aliphatic heterocycles. The summed E-state index contributed by atoms with van der Waals surface area (Å²) in [6.45, 7) is 1.60. The summed E-state index contributed by atoms with van der Waals surface area (Å²) in [7, 11) is 0. The Morgan fingerprint density at radius 3 is 2.05 bits per heavy atom. The second kappa shape index (κ2) is 7.34. The van der Waals surface area contributed by atoms with E-state index in [2.05, 4.69) is 0 Å². The molecule has 0 amide bonds. The molecule has 1 atom stereocenters. The first-order valence-electron chi connectivity index (χ1n) is 5.70. The van der Waals surface area contributed by atoms with Crippen molar-refractivity contribution in [2.24, 2.45) is 0 Å². The van der Waals surface area contributed by atoms with Crippen molar-refractivity contribution in [3.8, 4) is 11.5 Å². The molecule has 0 N–H and O–H groups in total. The van der Waals surface area contributed by atoms with E-state index in [1.807, 2.05) is 30.3 Å². The molecule has 0 heterocycles. The number of para-hydroxylation sites is 1. The van der Waals surface area contributed by atoms with Crippen molar-refractivity contribution >= 4 is 5.97 Å². The van der Waals surface area contributed by atoms with Crippen molar-refractivity contribution < 1.29 is 44.2 Å². The third kappa shape index (κ3) is 4.39. The summed E-state index contributed by atoms with van der Waals surface area (Å²) >= 11 is 0. The summed E-state index contributed by atoms with van der Waals surface area (Å²) in [4.78, 5) is 10.7. The van der Waals surface area contributed by atoms with Gasteiger partial charge in [0.1, 0.15) is 11.5 Å². The summed E-state index contributed by atoms with van der Waals surface area (Å²) in [6.07, 6.45) is 0. The smallest absolute Gasteiger partial charge is 0.550 e. The number of carboxylic acids is 1. The third-order valence-electron chi connectivity index (χ3n) is 2.71. The minimum atomic E-state index is -1.08. The number of carbonyl (C=O) groups excluding carboxylic acids is 1. The molecule has 0 fully saturated rings. The minimum Gasteiger partial charge on any atom is -0.550 e. The van der Waals surface area contributed by atoms with E-state index in [4.69, 9.17) is 4.74 Å². The number of benzene rings is 2. The van der Waals surface area contributed by atoms with E-state index in [0.717, 1.165) is 5.75 Å². The quantitative estimate of drug-likeness (QED) is 0.689. The average molecular weight is 264 g/mol. The molecule has 0 saturated heterocycles. The monoisotopic (exact) mass is 264 g/mol. The number of ether oxygens (including phenoxy) is 1. The van der Waals surface area contributed by atoms with Crippen LogP contribution in [0.15, 0.2) is 54.6 Å². The Bertz CT molecular complexity index is 523. The molecule has 1 unspecified atom stereocenters. The van der Waals surface area contributed by atoms with Crippen LogP contribution < -0.4 is 39.4 Å². The molecule has 2 aromatic rings. The first-order chi connectivity index (χ1) is 8.66. The zero-order valence-corrected chi connectivity index (χ0v) is 13.0. The molecular weight excluding hydrogens is 251 g/mol. The van der Waals surface area contributed by atoms with E-state index >= 15 is 0 Å². The van der Waals surface area contributed by atoms with Crippen LogP contribution in [-0.2, 0) is 4.79 Å². The Balaban J connectivity index is 0.00000180. The van der Waals surface area contributed by atoms with Crippen molar-refractivity contribution in [1.29, 1.82) is 0 Å². The minimum absolute atomic E-state index is 0. The molecule has 0 bridgehead atoms. The van der Waals surface area contributed by atoms with Gasteiger partial charge in [-0.1, -0.05) is 37.3 Å². The first kappa shape index (κ1) is 15.8. The molecule has 0 spiro atoms. The second-order valence-electron chi connectivity index (χ2n) is 4.02. The topological polar surface area (TPSA) is 49.4 Å². The van der Waals surface area contributed by atoms with Gasteiger partial charge in [0.2, 0.25) is 0 Å². The molecule has 2 aromatic carbocycles. The SMILES string of the molecule is CC(C(=O)[O-])c1ccc(Oc2ccccc2)cc1.[Na+]. The number of rotatable bonds is 4. The summed E-state index contributed by atoms with van der Waals surface area (Å²) < 4.78 is 5.61. The van der Waals surface area contributed by atoms with Crippen LogP contribution in [0.3, 0.4) is 0 Å². The number of hydrogen-bond acceptors (Lipinski definition) is 3. The maximum absolute atomic E-state index is 10.7. The largest absolute Gasteiger partial charge is 1.00 e.